The number of hydrogen-bond donors (Lipinski definition) is 1. The summed E-state index contributed by atoms with van der Waals surface area (Å²) in [4.78, 5) is 12.2. The number of benzene rings is 2. The molecule has 3 aromatic rings. The summed E-state index contributed by atoms with van der Waals surface area (Å²) >= 11 is 0. The number of amides is 1. The number of carbonyl (C=O) groups is 1. The summed E-state index contributed by atoms with van der Waals surface area (Å²) in [7, 11) is 0. The molecule has 0 bridgehead atoms. The summed E-state index contributed by atoms with van der Waals surface area (Å²) in [6.45, 7) is 4.23. The molecule has 5 heteroatoms. The number of ether oxygens (including phenoxy) is 1. The van der Waals surface area contributed by atoms with Crippen LogP contribution in [0.1, 0.15) is 29.9 Å². The van der Waals surface area contributed by atoms with Gasteiger partial charge in [0.25, 0.3) is 5.91 Å². The number of carbonyl (C=O) groups excluding carboxylic acids is 1. The van der Waals surface area contributed by atoms with Gasteiger partial charge in [-0.1, -0.05) is 35.5 Å². The fraction of sp³-hybridized carbons (Fsp3) is 0.200. The summed E-state index contributed by atoms with van der Waals surface area (Å²) in [5, 5.41) is 6.83. The van der Waals surface area contributed by atoms with E-state index in [9.17, 15) is 4.79 Å². The lowest BCUT2D eigenvalue weighted by Gasteiger charge is -2.10. The summed E-state index contributed by atoms with van der Waals surface area (Å²) < 4.78 is 10.9. The standard InChI is InChI=1S/C20H20N2O3/c1-14(2)24-18-10-8-16(9-11-18)20(23)21-13-17-12-19(25-22-17)15-6-4-3-5-7-15/h3-12,14H,13H2,1-2H3,(H,21,23). The molecule has 0 saturated carbocycles. The Balaban J connectivity index is 1.58. The lowest BCUT2D eigenvalue weighted by Crippen LogP contribution is -2.22. The number of nitrogens with one attached hydrogen (secondary N) is 1. The number of rotatable bonds is 6. The van der Waals surface area contributed by atoms with Crippen LogP contribution in [-0.4, -0.2) is 17.2 Å². The molecule has 0 radical (unpaired) electrons. The Hall–Kier alpha value is -3.08. The molecular formula is C20H20N2O3. The molecule has 128 valence electrons. The van der Waals surface area contributed by atoms with Crippen LogP contribution >= 0.6 is 0 Å². The normalized spacial score (nSPS) is 10.7. The van der Waals surface area contributed by atoms with Crippen molar-refractivity contribution in [2.75, 3.05) is 0 Å². The van der Waals surface area contributed by atoms with Crippen LogP contribution in [0.15, 0.2) is 65.2 Å². The van der Waals surface area contributed by atoms with Gasteiger partial charge < -0.3 is 14.6 Å². The summed E-state index contributed by atoms with van der Waals surface area (Å²) in [5.41, 5.74) is 2.20. The monoisotopic (exact) mass is 336 g/mol. The maximum Gasteiger partial charge on any atom is 0.251 e. The molecule has 25 heavy (non-hydrogen) atoms. The van der Waals surface area contributed by atoms with Crippen molar-refractivity contribution < 1.29 is 14.1 Å². The third-order valence-electron chi connectivity index (χ3n) is 3.54. The van der Waals surface area contributed by atoms with Gasteiger partial charge in [-0.2, -0.15) is 0 Å². The van der Waals surface area contributed by atoms with Crippen LogP contribution in [0.25, 0.3) is 11.3 Å². The van der Waals surface area contributed by atoms with E-state index in [0.717, 1.165) is 11.3 Å². The molecule has 0 fully saturated rings. The minimum absolute atomic E-state index is 0.102. The molecule has 3 rings (SSSR count). The van der Waals surface area contributed by atoms with Crippen LogP contribution in [0.5, 0.6) is 5.75 Å². The molecule has 2 aromatic carbocycles. The molecule has 1 heterocycles. The molecule has 0 aliphatic carbocycles. The van der Waals surface area contributed by atoms with Crippen LogP contribution in [0, 0.1) is 0 Å². The second kappa shape index (κ2) is 7.66. The zero-order chi connectivity index (χ0) is 17.6. The average Bonchev–Trinajstić information content (AvgIpc) is 3.10. The minimum Gasteiger partial charge on any atom is -0.491 e. The molecule has 1 N–H and O–H groups in total. The van der Waals surface area contributed by atoms with E-state index in [1.807, 2.05) is 50.2 Å². The van der Waals surface area contributed by atoms with Crippen molar-refractivity contribution in [1.82, 2.24) is 10.5 Å². The van der Waals surface area contributed by atoms with E-state index >= 15 is 0 Å². The first-order valence-electron chi connectivity index (χ1n) is 8.18. The van der Waals surface area contributed by atoms with E-state index in [2.05, 4.69) is 10.5 Å². The van der Waals surface area contributed by atoms with Gasteiger partial charge in [0.2, 0.25) is 0 Å². The lowest BCUT2D eigenvalue weighted by molar-refractivity contribution is 0.0950. The molecule has 0 spiro atoms. The molecular weight excluding hydrogens is 316 g/mol. The second-order valence-corrected chi connectivity index (χ2v) is 5.92. The summed E-state index contributed by atoms with van der Waals surface area (Å²) in [5.74, 6) is 1.26. The number of aromatic nitrogens is 1. The molecule has 0 aliphatic heterocycles. The zero-order valence-corrected chi connectivity index (χ0v) is 14.2. The van der Waals surface area contributed by atoms with Crippen LogP contribution in [0.3, 0.4) is 0 Å². The number of hydrogen-bond acceptors (Lipinski definition) is 4. The topological polar surface area (TPSA) is 64.4 Å². The highest BCUT2D eigenvalue weighted by molar-refractivity contribution is 5.94. The van der Waals surface area contributed by atoms with E-state index in [1.54, 1.807) is 24.3 Å². The van der Waals surface area contributed by atoms with Gasteiger partial charge in [0.1, 0.15) is 11.4 Å². The SMILES string of the molecule is CC(C)Oc1ccc(C(=O)NCc2cc(-c3ccccc3)on2)cc1. The highest BCUT2D eigenvalue weighted by atomic mass is 16.5. The first-order valence-corrected chi connectivity index (χ1v) is 8.18. The van der Waals surface area contributed by atoms with Crippen LogP contribution in [-0.2, 0) is 6.54 Å². The molecule has 0 atom stereocenters. The van der Waals surface area contributed by atoms with Gasteiger partial charge >= 0.3 is 0 Å². The van der Waals surface area contributed by atoms with Gasteiger partial charge in [-0.25, -0.2) is 0 Å². The molecule has 0 unspecified atom stereocenters. The van der Waals surface area contributed by atoms with E-state index in [-0.39, 0.29) is 12.0 Å². The molecule has 0 aliphatic rings. The highest BCUT2D eigenvalue weighted by Gasteiger charge is 2.09. The highest BCUT2D eigenvalue weighted by Crippen LogP contribution is 2.19. The van der Waals surface area contributed by atoms with Crippen molar-refractivity contribution in [3.63, 3.8) is 0 Å². The first kappa shape index (κ1) is 16.8. The Morgan fingerprint density at radius 3 is 2.52 bits per heavy atom. The Morgan fingerprint density at radius 2 is 1.84 bits per heavy atom. The van der Waals surface area contributed by atoms with Gasteiger partial charge in [0, 0.05) is 17.2 Å². The Morgan fingerprint density at radius 1 is 1.12 bits per heavy atom. The fourth-order valence-electron chi connectivity index (χ4n) is 2.36. The summed E-state index contributed by atoms with van der Waals surface area (Å²) in [6.07, 6.45) is 0.102. The maximum absolute atomic E-state index is 12.2. The maximum atomic E-state index is 12.2. The second-order valence-electron chi connectivity index (χ2n) is 5.92. The van der Waals surface area contributed by atoms with Gasteiger partial charge in [-0.3, -0.25) is 4.79 Å². The van der Waals surface area contributed by atoms with Crippen molar-refractivity contribution in [2.45, 2.75) is 26.5 Å². The van der Waals surface area contributed by atoms with E-state index < -0.39 is 0 Å². The van der Waals surface area contributed by atoms with Crippen molar-refractivity contribution in [3.8, 4) is 17.1 Å². The van der Waals surface area contributed by atoms with Crippen molar-refractivity contribution in [3.05, 3.63) is 71.9 Å². The quantitative estimate of drug-likeness (QED) is 0.737. The largest absolute Gasteiger partial charge is 0.491 e. The molecule has 1 aromatic heterocycles. The van der Waals surface area contributed by atoms with Gasteiger partial charge in [0.05, 0.1) is 12.6 Å². The number of nitrogens with zero attached hydrogens (tertiary/aromatic N) is 1. The fourth-order valence-corrected chi connectivity index (χ4v) is 2.36. The summed E-state index contributed by atoms with van der Waals surface area (Å²) in [6, 6.07) is 18.6. The Labute approximate surface area is 146 Å². The zero-order valence-electron chi connectivity index (χ0n) is 14.2. The van der Waals surface area contributed by atoms with Gasteiger partial charge in [-0.05, 0) is 38.1 Å². The van der Waals surface area contributed by atoms with Crippen LogP contribution in [0.2, 0.25) is 0 Å². The van der Waals surface area contributed by atoms with Crippen molar-refractivity contribution >= 4 is 5.91 Å². The van der Waals surface area contributed by atoms with Crippen LogP contribution < -0.4 is 10.1 Å². The molecule has 5 nitrogen and oxygen atoms in total. The predicted octanol–water partition coefficient (Wildman–Crippen LogP) is 4.06. The third kappa shape index (κ3) is 4.47. The smallest absolute Gasteiger partial charge is 0.251 e. The van der Waals surface area contributed by atoms with Crippen molar-refractivity contribution in [2.24, 2.45) is 0 Å². The Bertz CT molecular complexity index is 824. The van der Waals surface area contributed by atoms with Crippen molar-refractivity contribution in [1.29, 1.82) is 0 Å². The minimum atomic E-state index is -0.166. The first-order chi connectivity index (χ1) is 12.1. The van der Waals surface area contributed by atoms with Gasteiger partial charge in [-0.15, -0.1) is 0 Å². The van der Waals surface area contributed by atoms with E-state index in [4.69, 9.17) is 9.26 Å². The average molecular weight is 336 g/mol. The Kier molecular flexibility index (Phi) is 5.14. The van der Waals surface area contributed by atoms with Crippen LogP contribution in [0.4, 0.5) is 0 Å². The molecule has 1 amide bonds. The molecule has 0 saturated heterocycles. The van der Waals surface area contributed by atoms with E-state index in [1.165, 1.54) is 0 Å². The lowest BCUT2D eigenvalue weighted by atomic mass is 10.1. The predicted molar refractivity (Wildman–Crippen MR) is 95.3 cm³/mol. The van der Waals surface area contributed by atoms with E-state index in [0.29, 0.717) is 23.6 Å². The third-order valence-corrected chi connectivity index (χ3v) is 3.54. The van der Waals surface area contributed by atoms with Gasteiger partial charge in [0.15, 0.2) is 5.76 Å².